The molecule has 0 aromatic carbocycles. The number of aromatic nitrogens is 2. The quantitative estimate of drug-likeness (QED) is 0.783. The molecular formula is C11H17N3. The van der Waals surface area contributed by atoms with E-state index in [1.54, 1.807) is 0 Å². The van der Waals surface area contributed by atoms with Crippen LogP contribution in [0, 0.1) is 5.92 Å². The molecule has 1 aromatic rings. The topological polar surface area (TPSA) is 43.8 Å². The minimum Gasteiger partial charge on any atom is -0.333 e. The summed E-state index contributed by atoms with van der Waals surface area (Å²) in [5, 5.41) is 0. The zero-order valence-electron chi connectivity index (χ0n) is 8.39. The highest BCUT2D eigenvalue weighted by atomic mass is 15.1. The van der Waals surface area contributed by atoms with Gasteiger partial charge in [0.15, 0.2) is 0 Å². The largest absolute Gasteiger partial charge is 0.333 e. The van der Waals surface area contributed by atoms with E-state index in [-0.39, 0.29) is 0 Å². The molecule has 1 aromatic heterocycles. The Labute approximate surface area is 84.3 Å². The zero-order chi connectivity index (χ0) is 9.54. The third kappa shape index (κ3) is 1.57. The smallest absolute Gasteiger partial charge is 0.0948 e. The first kappa shape index (κ1) is 8.48. The standard InChI is InChI=1S/C11H17N3/c12-10(8-1-2-8)6-14-7-13-5-11(14)9-3-4-9/h5,7-10H,1-4,6,12H2. The van der Waals surface area contributed by atoms with Gasteiger partial charge in [0.05, 0.1) is 6.33 Å². The van der Waals surface area contributed by atoms with Crippen molar-refractivity contribution in [2.45, 2.75) is 44.2 Å². The lowest BCUT2D eigenvalue weighted by atomic mass is 10.2. The van der Waals surface area contributed by atoms with E-state index < -0.39 is 0 Å². The predicted molar refractivity (Wildman–Crippen MR) is 54.9 cm³/mol. The highest BCUT2D eigenvalue weighted by Gasteiger charge is 2.31. The van der Waals surface area contributed by atoms with E-state index >= 15 is 0 Å². The molecule has 2 N–H and O–H groups in total. The first-order valence-electron chi connectivity index (χ1n) is 5.60. The zero-order valence-corrected chi connectivity index (χ0v) is 8.39. The Morgan fingerprint density at radius 1 is 1.43 bits per heavy atom. The molecule has 3 rings (SSSR count). The fraction of sp³-hybridized carbons (Fsp3) is 0.727. The first-order chi connectivity index (χ1) is 6.84. The van der Waals surface area contributed by atoms with Crippen molar-refractivity contribution in [2.75, 3.05) is 0 Å². The van der Waals surface area contributed by atoms with Crippen LogP contribution in [0.2, 0.25) is 0 Å². The molecule has 1 atom stereocenters. The second kappa shape index (κ2) is 3.09. The van der Waals surface area contributed by atoms with Crippen molar-refractivity contribution in [3.05, 3.63) is 18.2 Å². The maximum absolute atomic E-state index is 6.11. The molecule has 1 unspecified atom stereocenters. The number of hydrogen-bond donors (Lipinski definition) is 1. The average molecular weight is 191 g/mol. The van der Waals surface area contributed by atoms with E-state index in [9.17, 15) is 0 Å². The summed E-state index contributed by atoms with van der Waals surface area (Å²) >= 11 is 0. The number of rotatable bonds is 4. The lowest BCUT2D eigenvalue weighted by molar-refractivity contribution is 0.492. The molecule has 3 nitrogen and oxygen atoms in total. The van der Waals surface area contributed by atoms with E-state index in [2.05, 4.69) is 9.55 Å². The van der Waals surface area contributed by atoms with Gasteiger partial charge in [-0.3, -0.25) is 0 Å². The lowest BCUT2D eigenvalue weighted by Crippen LogP contribution is -2.28. The summed E-state index contributed by atoms with van der Waals surface area (Å²) in [6.07, 6.45) is 9.28. The van der Waals surface area contributed by atoms with Crippen LogP contribution in [0.1, 0.15) is 37.3 Å². The van der Waals surface area contributed by atoms with Crippen LogP contribution in [0.4, 0.5) is 0 Å². The molecule has 2 fully saturated rings. The van der Waals surface area contributed by atoms with Crippen LogP contribution in [0.5, 0.6) is 0 Å². The molecule has 0 amide bonds. The summed E-state index contributed by atoms with van der Waals surface area (Å²) in [6.45, 7) is 0.969. The average Bonchev–Trinajstić information content (AvgIpc) is 3.06. The molecule has 76 valence electrons. The number of nitrogens with zero attached hydrogens (tertiary/aromatic N) is 2. The Kier molecular flexibility index (Phi) is 1.87. The third-order valence-corrected chi connectivity index (χ3v) is 3.38. The van der Waals surface area contributed by atoms with Crippen molar-refractivity contribution in [1.82, 2.24) is 9.55 Å². The van der Waals surface area contributed by atoms with Gasteiger partial charge in [-0.1, -0.05) is 0 Å². The third-order valence-electron chi connectivity index (χ3n) is 3.38. The molecule has 2 aliphatic carbocycles. The van der Waals surface area contributed by atoms with E-state index in [1.165, 1.54) is 31.4 Å². The fourth-order valence-electron chi connectivity index (χ4n) is 2.10. The molecule has 3 heteroatoms. The summed E-state index contributed by atoms with van der Waals surface area (Å²) in [5.74, 6) is 1.56. The molecule has 2 saturated carbocycles. The first-order valence-corrected chi connectivity index (χ1v) is 5.60. The highest BCUT2D eigenvalue weighted by Crippen LogP contribution is 2.40. The summed E-state index contributed by atoms with van der Waals surface area (Å²) in [4.78, 5) is 4.22. The Hall–Kier alpha value is -0.830. The van der Waals surface area contributed by atoms with Gasteiger partial charge in [-0.05, 0) is 31.6 Å². The van der Waals surface area contributed by atoms with Gasteiger partial charge in [-0.25, -0.2) is 4.98 Å². The summed E-state index contributed by atoms with van der Waals surface area (Å²) < 4.78 is 2.26. The van der Waals surface area contributed by atoms with Crippen LogP contribution in [0.3, 0.4) is 0 Å². The SMILES string of the molecule is NC(Cn1cncc1C1CC1)C1CC1. The van der Waals surface area contributed by atoms with Crippen molar-refractivity contribution in [3.63, 3.8) is 0 Å². The van der Waals surface area contributed by atoms with E-state index in [0.717, 1.165) is 18.4 Å². The van der Waals surface area contributed by atoms with Crippen LogP contribution < -0.4 is 5.73 Å². The molecule has 0 aliphatic heterocycles. The van der Waals surface area contributed by atoms with Gasteiger partial charge < -0.3 is 10.3 Å². The predicted octanol–water partition coefficient (Wildman–Crippen LogP) is 1.50. The minimum absolute atomic E-state index is 0.349. The maximum Gasteiger partial charge on any atom is 0.0948 e. The molecule has 0 spiro atoms. The number of hydrogen-bond acceptors (Lipinski definition) is 2. The number of imidazole rings is 1. The van der Waals surface area contributed by atoms with Crippen LogP contribution in [0.15, 0.2) is 12.5 Å². The fourth-order valence-corrected chi connectivity index (χ4v) is 2.10. The van der Waals surface area contributed by atoms with Gasteiger partial charge in [0, 0.05) is 30.4 Å². The van der Waals surface area contributed by atoms with Crippen LogP contribution >= 0.6 is 0 Å². The minimum atomic E-state index is 0.349. The van der Waals surface area contributed by atoms with Crippen molar-refractivity contribution in [1.29, 1.82) is 0 Å². The second-order valence-corrected chi connectivity index (χ2v) is 4.75. The highest BCUT2D eigenvalue weighted by molar-refractivity contribution is 5.13. The molecular weight excluding hydrogens is 174 g/mol. The van der Waals surface area contributed by atoms with Gasteiger partial charge >= 0.3 is 0 Å². The maximum atomic E-state index is 6.11. The lowest BCUT2D eigenvalue weighted by Gasteiger charge is -2.13. The van der Waals surface area contributed by atoms with Gasteiger partial charge in [-0.2, -0.15) is 0 Å². The van der Waals surface area contributed by atoms with Gasteiger partial charge in [0.1, 0.15) is 0 Å². The second-order valence-electron chi connectivity index (χ2n) is 4.75. The molecule has 14 heavy (non-hydrogen) atoms. The van der Waals surface area contributed by atoms with Gasteiger partial charge in [0.2, 0.25) is 0 Å². The van der Waals surface area contributed by atoms with Crippen molar-refractivity contribution >= 4 is 0 Å². The van der Waals surface area contributed by atoms with Crippen LogP contribution in [-0.4, -0.2) is 15.6 Å². The Balaban J connectivity index is 1.71. The molecule has 0 saturated heterocycles. The van der Waals surface area contributed by atoms with Gasteiger partial charge in [-0.15, -0.1) is 0 Å². The normalized spacial score (nSPS) is 23.8. The summed E-state index contributed by atoms with van der Waals surface area (Å²) in [5.41, 5.74) is 7.51. The Morgan fingerprint density at radius 2 is 2.21 bits per heavy atom. The van der Waals surface area contributed by atoms with Crippen molar-refractivity contribution < 1.29 is 0 Å². The van der Waals surface area contributed by atoms with Crippen molar-refractivity contribution in [3.8, 4) is 0 Å². The van der Waals surface area contributed by atoms with Crippen LogP contribution in [-0.2, 0) is 6.54 Å². The molecule has 0 bridgehead atoms. The summed E-state index contributed by atoms with van der Waals surface area (Å²) in [7, 11) is 0. The summed E-state index contributed by atoms with van der Waals surface area (Å²) in [6, 6.07) is 0.349. The number of nitrogens with two attached hydrogens (primary N) is 1. The van der Waals surface area contributed by atoms with Gasteiger partial charge in [0.25, 0.3) is 0 Å². The Morgan fingerprint density at radius 3 is 2.86 bits per heavy atom. The van der Waals surface area contributed by atoms with E-state index in [1.807, 2.05) is 12.5 Å². The monoisotopic (exact) mass is 191 g/mol. The van der Waals surface area contributed by atoms with E-state index in [4.69, 9.17) is 5.73 Å². The van der Waals surface area contributed by atoms with E-state index in [0.29, 0.717) is 6.04 Å². The van der Waals surface area contributed by atoms with Crippen molar-refractivity contribution in [2.24, 2.45) is 11.7 Å². The molecule has 0 radical (unpaired) electrons. The van der Waals surface area contributed by atoms with Crippen LogP contribution in [0.25, 0.3) is 0 Å². The molecule has 2 aliphatic rings. The molecule has 1 heterocycles. The Bertz CT molecular complexity index is 323.